The summed E-state index contributed by atoms with van der Waals surface area (Å²) in [6, 6.07) is 10.6. The summed E-state index contributed by atoms with van der Waals surface area (Å²) in [7, 11) is 1.97. The Kier molecular flexibility index (Phi) is 4.26. The number of Topliss-reactive ketones (excluding diaryl/α,β-unsaturated/α-hetero) is 1. The van der Waals surface area contributed by atoms with E-state index in [4.69, 9.17) is 4.74 Å². The second kappa shape index (κ2) is 7.06. The van der Waals surface area contributed by atoms with E-state index in [1.54, 1.807) is 13.3 Å². The van der Waals surface area contributed by atoms with Crippen LogP contribution in [0.3, 0.4) is 0 Å². The summed E-state index contributed by atoms with van der Waals surface area (Å²) in [5, 5.41) is 16.9. The van der Waals surface area contributed by atoms with Gasteiger partial charge in [0.1, 0.15) is 23.5 Å². The summed E-state index contributed by atoms with van der Waals surface area (Å²) in [5.41, 5.74) is 5.11. The number of nitrogens with zero attached hydrogens (tertiary/aromatic N) is 5. The van der Waals surface area contributed by atoms with Gasteiger partial charge in [0, 0.05) is 48.4 Å². The maximum Gasteiger partial charge on any atom is 0.180 e. The summed E-state index contributed by atoms with van der Waals surface area (Å²) in [4.78, 5) is 16.9. The Balaban J connectivity index is 1.44. The van der Waals surface area contributed by atoms with Crippen LogP contribution in [0.4, 0.5) is 0 Å². The van der Waals surface area contributed by atoms with Gasteiger partial charge in [-0.15, -0.1) is 10.2 Å². The highest BCUT2D eigenvalue weighted by atomic mass is 16.5. The van der Waals surface area contributed by atoms with Gasteiger partial charge >= 0.3 is 0 Å². The van der Waals surface area contributed by atoms with Crippen molar-refractivity contribution in [1.82, 2.24) is 29.9 Å². The van der Waals surface area contributed by atoms with Gasteiger partial charge < -0.3 is 9.30 Å². The molecule has 0 radical (unpaired) electrons. The third-order valence-corrected chi connectivity index (χ3v) is 6.71. The molecule has 2 fully saturated rings. The fourth-order valence-corrected chi connectivity index (χ4v) is 4.59. The summed E-state index contributed by atoms with van der Waals surface area (Å²) in [6.07, 6.45) is 4.75. The average molecular weight is 428 g/mol. The number of hydrogen-bond donors (Lipinski definition) is 1. The third-order valence-electron chi connectivity index (χ3n) is 6.71. The fraction of sp³-hybridized carbons (Fsp3) is 0.375. The van der Waals surface area contributed by atoms with E-state index in [2.05, 4.69) is 55.7 Å². The molecule has 32 heavy (non-hydrogen) atoms. The van der Waals surface area contributed by atoms with E-state index in [-0.39, 0.29) is 11.2 Å². The zero-order chi connectivity index (χ0) is 21.9. The van der Waals surface area contributed by atoms with Crippen LogP contribution in [0.5, 0.6) is 0 Å². The first-order chi connectivity index (χ1) is 15.5. The van der Waals surface area contributed by atoms with Crippen molar-refractivity contribution in [2.24, 2.45) is 7.05 Å². The lowest BCUT2D eigenvalue weighted by molar-refractivity contribution is -0.0611. The lowest BCUT2D eigenvalue weighted by Gasteiger charge is -2.41. The van der Waals surface area contributed by atoms with Gasteiger partial charge in [-0.1, -0.05) is 18.2 Å². The molecule has 1 aliphatic heterocycles. The van der Waals surface area contributed by atoms with Crippen LogP contribution in [0.1, 0.15) is 53.3 Å². The van der Waals surface area contributed by atoms with Crippen LogP contribution >= 0.6 is 0 Å². The molecule has 0 unspecified atom stereocenters. The molecule has 2 aliphatic rings. The first-order valence-electron chi connectivity index (χ1n) is 11.0. The number of hydrogen-bond acceptors (Lipinski definition) is 6. The second-order valence-corrected chi connectivity index (χ2v) is 9.11. The molecule has 0 amide bonds. The van der Waals surface area contributed by atoms with Gasteiger partial charge in [0.05, 0.1) is 18.7 Å². The van der Waals surface area contributed by atoms with Gasteiger partial charge in [0.2, 0.25) is 0 Å². The lowest BCUT2D eigenvalue weighted by Crippen LogP contribution is -2.49. The van der Waals surface area contributed by atoms with E-state index in [1.807, 2.05) is 11.6 Å². The molecule has 162 valence electrons. The van der Waals surface area contributed by atoms with E-state index in [1.165, 1.54) is 5.56 Å². The monoisotopic (exact) mass is 428 g/mol. The van der Waals surface area contributed by atoms with E-state index in [0.29, 0.717) is 30.3 Å². The van der Waals surface area contributed by atoms with Crippen LogP contribution in [0, 0.1) is 0 Å². The number of H-pyrrole nitrogens is 1. The number of aryl methyl sites for hydroxylation is 1. The number of rotatable bonds is 6. The van der Waals surface area contributed by atoms with Gasteiger partial charge in [-0.3, -0.25) is 9.89 Å². The Labute approximate surface area is 185 Å². The van der Waals surface area contributed by atoms with Crippen LogP contribution in [-0.4, -0.2) is 48.9 Å². The lowest BCUT2D eigenvalue weighted by atomic mass is 9.75. The molecule has 0 bridgehead atoms. The van der Waals surface area contributed by atoms with Crippen LogP contribution in [0.25, 0.3) is 22.2 Å². The van der Waals surface area contributed by atoms with Crippen molar-refractivity contribution in [3.8, 4) is 11.3 Å². The van der Waals surface area contributed by atoms with Gasteiger partial charge in [-0.25, -0.2) is 4.98 Å². The predicted octanol–water partition coefficient (Wildman–Crippen LogP) is 3.34. The normalized spacial score (nSPS) is 17.4. The first kappa shape index (κ1) is 19.3. The van der Waals surface area contributed by atoms with Crippen molar-refractivity contribution < 1.29 is 9.53 Å². The molecule has 1 saturated heterocycles. The molecule has 8 nitrogen and oxygen atoms in total. The molecule has 8 heteroatoms. The Morgan fingerprint density at radius 1 is 1.28 bits per heavy atom. The van der Waals surface area contributed by atoms with Gasteiger partial charge in [-0.05, 0) is 30.5 Å². The standard InChI is InChI=1S/C24H24N6O2/c1-14(31)21-23-18(9-19(26-21)15-6-7-15)22(28-29-23)16-4-3-5-17(8-16)24(11-32-12-24)10-20-27-25-13-30(20)2/h3-5,8-9,13,15H,6-7,10-12H2,1-2H3,(H,28,29). The molecule has 1 N–H and O–H groups in total. The highest BCUT2D eigenvalue weighted by Gasteiger charge is 2.42. The number of fused-ring (bicyclic) bond motifs is 1. The smallest absolute Gasteiger partial charge is 0.180 e. The minimum absolute atomic E-state index is 0.0457. The Bertz CT molecular complexity index is 1350. The molecule has 1 aromatic carbocycles. The molecule has 6 rings (SSSR count). The van der Waals surface area contributed by atoms with Gasteiger partial charge in [-0.2, -0.15) is 5.10 Å². The highest BCUT2D eigenvalue weighted by Crippen LogP contribution is 2.42. The summed E-state index contributed by atoms with van der Waals surface area (Å²) >= 11 is 0. The van der Waals surface area contributed by atoms with Crippen LogP contribution < -0.4 is 0 Å². The number of pyridine rings is 1. The zero-order valence-corrected chi connectivity index (χ0v) is 18.1. The fourth-order valence-electron chi connectivity index (χ4n) is 4.59. The quantitative estimate of drug-likeness (QED) is 0.473. The number of carbonyl (C=O) groups is 1. The highest BCUT2D eigenvalue weighted by molar-refractivity contribution is 6.07. The predicted molar refractivity (Wildman–Crippen MR) is 119 cm³/mol. The third kappa shape index (κ3) is 3.05. The van der Waals surface area contributed by atoms with Gasteiger partial charge in [0.15, 0.2) is 5.78 Å². The Morgan fingerprint density at radius 2 is 2.12 bits per heavy atom. The summed E-state index contributed by atoms with van der Waals surface area (Å²) in [6.45, 7) is 2.86. The summed E-state index contributed by atoms with van der Waals surface area (Å²) in [5.74, 6) is 1.35. The SMILES string of the molecule is CC(=O)c1nc(C2CC2)cc2c(-c3cccc(C4(Cc5nncn5C)COC4)c3)n[nH]c12. The molecular formula is C24H24N6O2. The van der Waals surface area contributed by atoms with E-state index in [9.17, 15) is 4.79 Å². The van der Waals surface area contributed by atoms with Crippen molar-refractivity contribution in [1.29, 1.82) is 0 Å². The molecule has 4 aromatic rings. The largest absolute Gasteiger partial charge is 0.379 e. The molecule has 3 aromatic heterocycles. The van der Waals surface area contributed by atoms with Crippen molar-refractivity contribution in [2.45, 2.75) is 37.5 Å². The van der Waals surface area contributed by atoms with Crippen LogP contribution in [0.15, 0.2) is 36.7 Å². The number of carbonyl (C=O) groups excluding carboxylic acids is 1. The van der Waals surface area contributed by atoms with Crippen molar-refractivity contribution >= 4 is 16.7 Å². The van der Waals surface area contributed by atoms with Crippen molar-refractivity contribution in [3.05, 3.63) is 59.4 Å². The molecule has 1 aliphatic carbocycles. The molecule has 0 spiro atoms. The number of aromatic nitrogens is 6. The topological polar surface area (TPSA) is 98.6 Å². The van der Waals surface area contributed by atoms with Crippen molar-refractivity contribution in [2.75, 3.05) is 13.2 Å². The number of benzene rings is 1. The number of ketones is 1. The van der Waals surface area contributed by atoms with Crippen LogP contribution in [0.2, 0.25) is 0 Å². The number of nitrogens with one attached hydrogen (secondary N) is 1. The zero-order valence-electron chi connectivity index (χ0n) is 18.1. The maximum absolute atomic E-state index is 12.3. The maximum atomic E-state index is 12.3. The minimum Gasteiger partial charge on any atom is -0.379 e. The Morgan fingerprint density at radius 3 is 2.78 bits per heavy atom. The minimum atomic E-state index is -0.131. The molecule has 4 heterocycles. The van der Waals surface area contributed by atoms with E-state index in [0.717, 1.165) is 47.4 Å². The number of ether oxygens (including phenoxy) is 1. The molecular weight excluding hydrogens is 404 g/mol. The molecule has 0 atom stereocenters. The first-order valence-corrected chi connectivity index (χ1v) is 11.0. The second-order valence-electron chi connectivity index (χ2n) is 9.11. The van der Waals surface area contributed by atoms with Crippen molar-refractivity contribution in [3.63, 3.8) is 0 Å². The number of aromatic amines is 1. The van der Waals surface area contributed by atoms with E-state index >= 15 is 0 Å². The molecule has 1 saturated carbocycles. The summed E-state index contributed by atoms with van der Waals surface area (Å²) < 4.78 is 7.61. The van der Waals surface area contributed by atoms with Gasteiger partial charge in [0.25, 0.3) is 0 Å². The van der Waals surface area contributed by atoms with Crippen LogP contribution in [-0.2, 0) is 23.6 Å². The Hall–Kier alpha value is -3.39. The van der Waals surface area contributed by atoms with E-state index < -0.39 is 0 Å². The average Bonchev–Trinajstić information content (AvgIpc) is 3.41.